The Kier molecular flexibility index (Phi) is 1.50. The molecule has 0 radical (unpaired) electrons. The van der Waals surface area contributed by atoms with E-state index in [1.807, 2.05) is 0 Å². The van der Waals surface area contributed by atoms with Crippen molar-refractivity contribution in [2.75, 3.05) is 20.4 Å². The van der Waals surface area contributed by atoms with Crippen molar-refractivity contribution in [1.29, 1.82) is 0 Å². The maximum Gasteiger partial charge on any atom is 0.0990 e. The molecule has 0 spiro atoms. The first-order valence-electron chi connectivity index (χ1n) is 5.14. The summed E-state index contributed by atoms with van der Waals surface area (Å²) in [4.78, 5) is 2.43. The molecule has 2 aliphatic carbocycles. The van der Waals surface area contributed by atoms with Crippen molar-refractivity contribution in [3.63, 3.8) is 0 Å². The van der Waals surface area contributed by atoms with E-state index in [0.717, 1.165) is 37.1 Å². The highest BCUT2D eigenvalue weighted by atomic mass is 16.5. The molecule has 1 heterocycles. The summed E-state index contributed by atoms with van der Waals surface area (Å²) in [7, 11) is 2.22. The van der Waals surface area contributed by atoms with Crippen LogP contribution in [-0.2, 0) is 4.74 Å². The minimum absolute atomic E-state index is 0.865. The van der Waals surface area contributed by atoms with Gasteiger partial charge in [-0.05, 0) is 38.1 Å². The summed E-state index contributed by atoms with van der Waals surface area (Å²) in [5.74, 6) is 2.89. The molecule has 68 valence electrons. The molecule has 0 aromatic rings. The van der Waals surface area contributed by atoms with E-state index < -0.39 is 0 Å². The van der Waals surface area contributed by atoms with E-state index in [2.05, 4.69) is 11.9 Å². The summed E-state index contributed by atoms with van der Waals surface area (Å²) < 4.78 is 5.57. The van der Waals surface area contributed by atoms with Gasteiger partial charge in [0.2, 0.25) is 0 Å². The zero-order chi connectivity index (χ0) is 8.13. The minimum Gasteiger partial charge on any atom is -0.366 e. The summed E-state index contributed by atoms with van der Waals surface area (Å²) in [6.07, 6.45) is 4.45. The van der Waals surface area contributed by atoms with Gasteiger partial charge in [-0.3, -0.25) is 4.90 Å². The third kappa shape index (κ3) is 0.826. The van der Waals surface area contributed by atoms with Crippen molar-refractivity contribution in [1.82, 2.24) is 4.90 Å². The fraction of sp³-hybridized carbons (Fsp3) is 1.00. The molecule has 0 unspecified atom stereocenters. The van der Waals surface area contributed by atoms with Crippen LogP contribution < -0.4 is 0 Å². The Bertz CT molecular complexity index is 194. The molecule has 0 aromatic carbocycles. The normalized spacial score (nSPS) is 52.8. The third-order valence-electron chi connectivity index (χ3n) is 4.16. The van der Waals surface area contributed by atoms with Crippen LogP contribution in [0.4, 0.5) is 0 Å². The van der Waals surface area contributed by atoms with Crippen molar-refractivity contribution in [2.24, 2.45) is 17.8 Å². The Morgan fingerprint density at radius 2 is 2.08 bits per heavy atom. The highest BCUT2D eigenvalue weighted by molar-refractivity contribution is 5.01. The van der Waals surface area contributed by atoms with Crippen LogP contribution in [0.5, 0.6) is 0 Å². The Balaban J connectivity index is 1.86. The predicted molar refractivity (Wildman–Crippen MR) is 46.7 cm³/mol. The largest absolute Gasteiger partial charge is 0.366 e. The van der Waals surface area contributed by atoms with Crippen molar-refractivity contribution >= 4 is 0 Å². The second kappa shape index (κ2) is 2.46. The molecular weight excluding hydrogens is 150 g/mol. The molecule has 1 saturated heterocycles. The molecule has 0 aromatic heterocycles. The first-order chi connectivity index (χ1) is 5.86. The molecule has 12 heavy (non-hydrogen) atoms. The monoisotopic (exact) mass is 167 g/mol. The zero-order valence-corrected chi connectivity index (χ0v) is 7.70. The molecule has 1 aliphatic heterocycles. The molecule has 3 fully saturated rings. The lowest BCUT2D eigenvalue weighted by molar-refractivity contribution is -0.0869. The summed E-state index contributed by atoms with van der Waals surface area (Å²) in [6.45, 7) is 1.90. The van der Waals surface area contributed by atoms with Crippen LogP contribution in [0.15, 0.2) is 0 Å². The second-order valence-corrected chi connectivity index (χ2v) is 4.74. The lowest BCUT2D eigenvalue weighted by Crippen LogP contribution is -2.49. The predicted octanol–water partition coefficient (Wildman–Crippen LogP) is 1.32. The average Bonchev–Trinajstić information content (AvgIpc) is 2.64. The molecule has 4 atom stereocenters. The molecule has 3 aliphatic rings. The maximum atomic E-state index is 5.57. The van der Waals surface area contributed by atoms with Gasteiger partial charge in [-0.1, -0.05) is 0 Å². The molecule has 2 nitrogen and oxygen atoms in total. The van der Waals surface area contributed by atoms with Gasteiger partial charge in [-0.2, -0.15) is 0 Å². The van der Waals surface area contributed by atoms with E-state index in [0.29, 0.717) is 0 Å². The fourth-order valence-electron chi connectivity index (χ4n) is 3.72. The number of hydrogen-bond acceptors (Lipinski definition) is 2. The smallest absolute Gasteiger partial charge is 0.0990 e. The van der Waals surface area contributed by atoms with Crippen molar-refractivity contribution in [2.45, 2.75) is 25.3 Å². The number of rotatable bonds is 0. The Morgan fingerprint density at radius 1 is 1.25 bits per heavy atom. The van der Waals surface area contributed by atoms with Gasteiger partial charge in [0.25, 0.3) is 0 Å². The van der Waals surface area contributed by atoms with Crippen LogP contribution in [0.3, 0.4) is 0 Å². The van der Waals surface area contributed by atoms with Crippen molar-refractivity contribution < 1.29 is 4.74 Å². The van der Waals surface area contributed by atoms with Crippen LogP contribution in [0.1, 0.15) is 19.3 Å². The standard InChI is InChI=1S/C10H17NO/c1-11-6-12-5-9-7-2-3-8(4-7)10(9)11/h7-10H,2-6H2,1H3/t7-,8+,9+,10-/m0/s1. The molecule has 3 rings (SSSR count). The minimum atomic E-state index is 0.865. The van der Waals surface area contributed by atoms with Crippen LogP contribution in [-0.4, -0.2) is 31.3 Å². The molecule has 2 bridgehead atoms. The summed E-state index contributed by atoms with van der Waals surface area (Å²) >= 11 is 0. The first kappa shape index (κ1) is 7.34. The SMILES string of the molecule is CN1COC[C@@H]2[C@H]3CC[C@H](C3)[C@@H]21. The van der Waals surface area contributed by atoms with Crippen molar-refractivity contribution in [3.05, 3.63) is 0 Å². The Hall–Kier alpha value is -0.0800. The third-order valence-corrected chi connectivity index (χ3v) is 4.16. The van der Waals surface area contributed by atoms with Crippen LogP contribution in [0.25, 0.3) is 0 Å². The van der Waals surface area contributed by atoms with E-state index in [4.69, 9.17) is 4.74 Å². The lowest BCUT2D eigenvalue weighted by atomic mass is 9.84. The zero-order valence-electron chi connectivity index (χ0n) is 7.70. The van der Waals surface area contributed by atoms with E-state index in [1.165, 1.54) is 19.3 Å². The number of hydrogen-bond donors (Lipinski definition) is 0. The fourth-order valence-corrected chi connectivity index (χ4v) is 3.72. The molecule has 0 N–H and O–H groups in total. The van der Waals surface area contributed by atoms with Gasteiger partial charge < -0.3 is 4.74 Å². The highest BCUT2D eigenvalue weighted by Gasteiger charge is 2.50. The van der Waals surface area contributed by atoms with Gasteiger partial charge in [0.15, 0.2) is 0 Å². The Labute approximate surface area is 73.9 Å². The number of nitrogens with zero attached hydrogens (tertiary/aromatic N) is 1. The topological polar surface area (TPSA) is 12.5 Å². The average molecular weight is 167 g/mol. The molecule has 2 heteroatoms. The summed E-state index contributed by atoms with van der Waals surface area (Å²) in [6, 6.07) is 0.873. The van der Waals surface area contributed by atoms with Gasteiger partial charge in [-0.25, -0.2) is 0 Å². The Morgan fingerprint density at radius 3 is 2.92 bits per heavy atom. The molecular formula is C10H17NO. The number of fused-ring (bicyclic) bond motifs is 5. The summed E-state index contributed by atoms with van der Waals surface area (Å²) in [5, 5.41) is 0. The van der Waals surface area contributed by atoms with E-state index >= 15 is 0 Å². The second-order valence-electron chi connectivity index (χ2n) is 4.74. The van der Waals surface area contributed by atoms with Gasteiger partial charge in [0, 0.05) is 12.0 Å². The quantitative estimate of drug-likeness (QED) is 0.539. The lowest BCUT2D eigenvalue weighted by Gasteiger charge is -2.41. The summed E-state index contributed by atoms with van der Waals surface area (Å²) in [5.41, 5.74) is 0. The number of ether oxygens (including phenoxy) is 1. The van der Waals surface area contributed by atoms with Crippen LogP contribution in [0, 0.1) is 17.8 Å². The van der Waals surface area contributed by atoms with Gasteiger partial charge >= 0.3 is 0 Å². The molecule has 2 saturated carbocycles. The van der Waals surface area contributed by atoms with Crippen LogP contribution in [0.2, 0.25) is 0 Å². The van der Waals surface area contributed by atoms with Crippen LogP contribution >= 0.6 is 0 Å². The van der Waals surface area contributed by atoms with E-state index in [9.17, 15) is 0 Å². The van der Waals surface area contributed by atoms with Crippen molar-refractivity contribution in [3.8, 4) is 0 Å². The maximum absolute atomic E-state index is 5.57. The van der Waals surface area contributed by atoms with Gasteiger partial charge in [0.1, 0.15) is 0 Å². The first-order valence-corrected chi connectivity index (χ1v) is 5.14. The van der Waals surface area contributed by atoms with E-state index in [-0.39, 0.29) is 0 Å². The highest BCUT2D eigenvalue weighted by Crippen LogP contribution is 2.51. The van der Waals surface area contributed by atoms with Gasteiger partial charge in [0.05, 0.1) is 13.3 Å². The molecule has 0 amide bonds. The van der Waals surface area contributed by atoms with Gasteiger partial charge in [-0.15, -0.1) is 0 Å². The van der Waals surface area contributed by atoms with E-state index in [1.54, 1.807) is 0 Å².